The molecular weight excluding hydrogens is 150 g/mol. The van der Waals surface area contributed by atoms with Gasteiger partial charge in [0.2, 0.25) is 0 Å². The van der Waals surface area contributed by atoms with Crippen LogP contribution in [0.25, 0.3) is 0 Å². The lowest BCUT2D eigenvalue weighted by molar-refractivity contribution is 0.409. The first-order valence-corrected chi connectivity index (χ1v) is 4.02. The van der Waals surface area contributed by atoms with Crippen molar-refractivity contribution in [2.75, 3.05) is 19.5 Å². The third kappa shape index (κ3) is 1.37. The van der Waals surface area contributed by atoms with Gasteiger partial charge in [0, 0.05) is 18.3 Å². The summed E-state index contributed by atoms with van der Waals surface area (Å²) in [6.07, 6.45) is 0. The van der Waals surface area contributed by atoms with E-state index in [1.165, 1.54) is 11.1 Å². The molecule has 66 valence electrons. The number of aryl methyl sites for hydroxylation is 1. The van der Waals surface area contributed by atoms with Gasteiger partial charge in [-0.15, -0.1) is 0 Å². The molecule has 0 heterocycles. The molecule has 0 bridgehead atoms. The zero-order chi connectivity index (χ0) is 9.14. The highest BCUT2D eigenvalue weighted by Crippen LogP contribution is 2.28. The summed E-state index contributed by atoms with van der Waals surface area (Å²) >= 11 is 0. The Kier molecular flexibility index (Phi) is 2.58. The Balaban J connectivity index is 3.24. The third-order valence-corrected chi connectivity index (χ3v) is 2.08. The van der Waals surface area contributed by atoms with Crippen LogP contribution in [0.2, 0.25) is 0 Å². The molecule has 0 aromatic heterocycles. The molecule has 0 saturated carbocycles. The van der Waals surface area contributed by atoms with E-state index in [1.54, 1.807) is 7.11 Å². The highest BCUT2D eigenvalue weighted by atomic mass is 16.5. The van der Waals surface area contributed by atoms with Gasteiger partial charge in [-0.25, -0.2) is 0 Å². The lowest BCUT2D eigenvalue weighted by Crippen LogP contribution is -1.96. The Morgan fingerprint density at radius 1 is 1.25 bits per heavy atom. The standard InChI is InChI=1S/C10H15NO/c1-7-5-6-9(11-3)8(2)10(7)12-4/h5-6,11H,1-4H3. The third-order valence-electron chi connectivity index (χ3n) is 2.08. The minimum Gasteiger partial charge on any atom is -0.496 e. The van der Waals surface area contributed by atoms with E-state index < -0.39 is 0 Å². The molecule has 1 aromatic carbocycles. The van der Waals surface area contributed by atoms with Crippen LogP contribution in [0.15, 0.2) is 12.1 Å². The van der Waals surface area contributed by atoms with Crippen molar-refractivity contribution in [1.29, 1.82) is 0 Å². The quantitative estimate of drug-likeness (QED) is 0.726. The SMILES string of the molecule is CNc1ccc(C)c(OC)c1C. The van der Waals surface area contributed by atoms with Crippen molar-refractivity contribution in [3.63, 3.8) is 0 Å². The van der Waals surface area contributed by atoms with Crippen LogP contribution in [0.3, 0.4) is 0 Å². The molecule has 0 radical (unpaired) electrons. The topological polar surface area (TPSA) is 21.3 Å². The second-order valence-corrected chi connectivity index (χ2v) is 2.84. The molecule has 0 atom stereocenters. The summed E-state index contributed by atoms with van der Waals surface area (Å²) in [5.41, 5.74) is 3.46. The lowest BCUT2D eigenvalue weighted by atomic mass is 10.1. The van der Waals surface area contributed by atoms with Crippen molar-refractivity contribution in [2.24, 2.45) is 0 Å². The fourth-order valence-corrected chi connectivity index (χ4v) is 1.41. The van der Waals surface area contributed by atoms with Gasteiger partial charge < -0.3 is 10.1 Å². The molecule has 1 N–H and O–H groups in total. The maximum atomic E-state index is 5.28. The first-order chi connectivity index (χ1) is 5.70. The van der Waals surface area contributed by atoms with E-state index >= 15 is 0 Å². The predicted octanol–water partition coefficient (Wildman–Crippen LogP) is 2.35. The van der Waals surface area contributed by atoms with Gasteiger partial charge in [-0.3, -0.25) is 0 Å². The van der Waals surface area contributed by atoms with Crippen LogP contribution in [0, 0.1) is 13.8 Å². The van der Waals surface area contributed by atoms with Gasteiger partial charge in [0.1, 0.15) is 5.75 Å². The molecule has 2 heteroatoms. The molecule has 0 fully saturated rings. The summed E-state index contributed by atoms with van der Waals surface area (Å²) in [5, 5.41) is 3.12. The maximum absolute atomic E-state index is 5.28. The number of anilines is 1. The van der Waals surface area contributed by atoms with Crippen LogP contribution < -0.4 is 10.1 Å². The van der Waals surface area contributed by atoms with Crippen molar-refractivity contribution < 1.29 is 4.74 Å². The first-order valence-electron chi connectivity index (χ1n) is 4.02. The van der Waals surface area contributed by atoms with Crippen LogP contribution in [0.5, 0.6) is 5.75 Å². The molecule has 0 aliphatic carbocycles. The van der Waals surface area contributed by atoms with Crippen molar-refractivity contribution in [1.82, 2.24) is 0 Å². The number of methoxy groups -OCH3 is 1. The molecule has 0 aliphatic rings. The summed E-state index contributed by atoms with van der Waals surface area (Å²) in [6.45, 7) is 4.10. The molecule has 0 aliphatic heterocycles. The van der Waals surface area contributed by atoms with Crippen molar-refractivity contribution in [2.45, 2.75) is 13.8 Å². The zero-order valence-electron chi connectivity index (χ0n) is 8.06. The van der Waals surface area contributed by atoms with Crippen LogP contribution >= 0.6 is 0 Å². The number of hydrogen-bond acceptors (Lipinski definition) is 2. The van der Waals surface area contributed by atoms with Gasteiger partial charge >= 0.3 is 0 Å². The molecule has 0 amide bonds. The van der Waals surface area contributed by atoms with E-state index in [4.69, 9.17) is 4.74 Å². The fourth-order valence-electron chi connectivity index (χ4n) is 1.41. The predicted molar refractivity (Wildman–Crippen MR) is 52.0 cm³/mol. The van der Waals surface area contributed by atoms with E-state index in [0.717, 1.165) is 11.4 Å². The largest absolute Gasteiger partial charge is 0.496 e. The van der Waals surface area contributed by atoms with E-state index in [0.29, 0.717) is 0 Å². The van der Waals surface area contributed by atoms with Gasteiger partial charge in [0.25, 0.3) is 0 Å². The van der Waals surface area contributed by atoms with Gasteiger partial charge in [0.15, 0.2) is 0 Å². The van der Waals surface area contributed by atoms with E-state index in [9.17, 15) is 0 Å². The summed E-state index contributed by atoms with van der Waals surface area (Å²) in [5.74, 6) is 0.974. The normalized spacial score (nSPS) is 9.67. The van der Waals surface area contributed by atoms with Crippen molar-refractivity contribution >= 4 is 5.69 Å². The second kappa shape index (κ2) is 3.48. The summed E-state index contributed by atoms with van der Waals surface area (Å²) in [4.78, 5) is 0. The average Bonchev–Trinajstić information content (AvgIpc) is 2.06. The molecule has 1 aromatic rings. The first kappa shape index (κ1) is 8.91. The van der Waals surface area contributed by atoms with Crippen LogP contribution in [-0.2, 0) is 0 Å². The van der Waals surface area contributed by atoms with Crippen LogP contribution in [0.4, 0.5) is 5.69 Å². The van der Waals surface area contributed by atoms with E-state index in [1.807, 2.05) is 14.0 Å². The fraction of sp³-hybridized carbons (Fsp3) is 0.400. The highest BCUT2D eigenvalue weighted by Gasteiger charge is 2.05. The smallest absolute Gasteiger partial charge is 0.126 e. The van der Waals surface area contributed by atoms with E-state index in [2.05, 4.69) is 24.4 Å². The van der Waals surface area contributed by atoms with Gasteiger partial charge in [-0.05, 0) is 25.5 Å². The van der Waals surface area contributed by atoms with Crippen molar-refractivity contribution in [3.8, 4) is 5.75 Å². The van der Waals surface area contributed by atoms with Crippen molar-refractivity contribution in [3.05, 3.63) is 23.3 Å². The molecule has 0 spiro atoms. The van der Waals surface area contributed by atoms with Crippen LogP contribution in [0.1, 0.15) is 11.1 Å². The number of rotatable bonds is 2. The van der Waals surface area contributed by atoms with E-state index in [-0.39, 0.29) is 0 Å². The number of benzene rings is 1. The minimum absolute atomic E-state index is 0.974. The molecular formula is C10H15NO. The highest BCUT2D eigenvalue weighted by molar-refractivity contribution is 5.59. The van der Waals surface area contributed by atoms with Gasteiger partial charge in [0.05, 0.1) is 7.11 Å². The molecule has 2 nitrogen and oxygen atoms in total. The Hall–Kier alpha value is -1.18. The van der Waals surface area contributed by atoms with Crippen LogP contribution in [-0.4, -0.2) is 14.2 Å². The minimum atomic E-state index is 0.974. The Morgan fingerprint density at radius 2 is 1.92 bits per heavy atom. The Morgan fingerprint density at radius 3 is 2.42 bits per heavy atom. The lowest BCUT2D eigenvalue weighted by Gasteiger charge is -2.12. The number of nitrogens with one attached hydrogen (secondary N) is 1. The second-order valence-electron chi connectivity index (χ2n) is 2.84. The number of hydrogen-bond donors (Lipinski definition) is 1. The number of ether oxygens (including phenoxy) is 1. The summed E-state index contributed by atoms with van der Waals surface area (Å²) in [7, 11) is 3.62. The Labute approximate surface area is 73.6 Å². The average molecular weight is 165 g/mol. The zero-order valence-corrected chi connectivity index (χ0v) is 8.06. The maximum Gasteiger partial charge on any atom is 0.126 e. The Bertz CT molecular complexity index is 281. The molecule has 12 heavy (non-hydrogen) atoms. The molecule has 1 rings (SSSR count). The van der Waals surface area contributed by atoms with Gasteiger partial charge in [-0.1, -0.05) is 6.07 Å². The monoisotopic (exact) mass is 165 g/mol. The molecule has 0 saturated heterocycles. The van der Waals surface area contributed by atoms with Gasteiger partial charge in [-0.2, -0.15) is 0 Å². The summed E-state index contributed by atoms with van der Waals surface area (Å²) < 4.78 is 5.28. The summed E-state index contributed by atoms with van der Waals surface area (Å²) in [6, 6.07) is 4.12. The molecule has 0 unspecified atom stereocenters.